The number of rotatable bonds is 6. The van der Waals surface area contributed by atoms with Crippen LogP contribution in [0, 0.1) is 0 Å². The molecular formula is C12H17NO4. The van der Waals surface area contributed by atoms with Crippen LogP contribution in [0.15, 0.2) is 18.2 Å². The molecule has 1 aromatic carbocycles. The summed E-state index contributed by atoms with van der Waals surface area (Å²) < 4.78 is 16.0. The van der Waals surface area contributed by atoms with Crippen molar-refractivity contribution in [1.82, 2.24) is 5.48 Å². The second-order valence-corrected chi connectivity index (χ2v) is 3.60. The lowest BCUT2D eigenvalue weighted by Gasteiger charge is -2.21. The highest BCUT2D eigenvalue weighted by Crippen LogP contribution is 2.33. The van der Waals surface area contributed by atoms with Crippen molar-refractivity contribution in [2.75, 3.05) is 33.5 Å². The van der Waals surface area contributed by atoms with Gasteiger partial charge in [-0.25, -0.2) is 0 Å². The zero-order valence-electron chi connectivity index (χ0n) is 9.90. The van der Waals surface area contributed by atoms with E-state index < -0.39 is 0 Å². The van der Waals surface area contributed by atoms with Crippen LogP contribution in [0.25, 0.3) is 0 Å². The molecule has 5 nitrogen and oxygen atoms in total. The molecule has 0 bridgehead atoms. The number of hydrogen-bond donors (Lipinski definition) is 1. The third-order valence-electron chi connectivity index (χ3n) is 2.40. The fraction of sp³-hybridized carbons (Fsp3) is 0.500. The summed E-state index contributed by atoms with van der Waals surface area (Å²) in [7, 11) is 1.64. The summed E-state index contributed by atoms with van der Waals surface area (Å²) in [5.41, 5.74) is 3.90. The SMILES string of the molecule is COCCONCc1cccc2c1OCCO2. The molecule has 0 aliphatic carbocycles. The van der Waals surface area contributed by atoms with Gasteiger partial charge in [0, 0.05) is 19.2 Å². The summed E-state index contributed by atoms with van der Waals surface area (Å²) in [5.74, 6) is 1.61. The van der Waals surface area contributed by atoms with E-state index in [-0.39, 0.29) is 0 Å². The van der Waals surface area contributed by atoms with Gasteiger partial charge in [0.25, 0.3) is 0 Å². The maximum Gasteiger partial charge on any atom is 0.165 e. The summed E-state index contributed by atoms with van der Waals surface area (Å²) >= 11 is 0. The normalized spacial score (nSPS) is 13.7. The lowest BCUT2D eigenvalue weighted by Crippen LogP contribution is -2.20. The predicted octanol–water partition coefficient (Wildman–Crippen LogP) is 1.13. The third-order valence-corrected chi connectivity index (χ3v) is 2.40. The second-order valence-electron chi connectivity index (χ2n) is 3.60. The molecule has 1 aliphatic heterocycles. The van der Waals surface area contributed by atoms with E-state index in [9.17, 15) is 0 Å². The Morgan fingerprint density at radius 3 is 3.00 bits per heavy atom. The summed E-state index contributed by atoms with van der Waals surface area (Å²) in [6, 6.07) is 5.84. The number of methoxy groups -OCH3 is 1. The minimum Gasteiger partial charge on any atom is -0.486 e. The Morgan fingerprint density at radius 1 is 1.24 bits per heavy atom. The van der Waals surface area contributed by atoms with Crippen molar-refractivity contribution >= 4 is 0 Å². The average molecular weight is 239 g/mol. The van der Waals surface area contributed by atoms with E-state index in [4.69, 9.17) is 19.0 Å². The molecule has 5 heteroatoms. The van der Waals surface area contributed by atoms with Gasteiger partial charge >= 0.3 is 0 Å². The Labute approximate surface area is 101 Å². The van der Waals surface area contributed by atoms with Gasteiger partial charge in [0.05, 0.1) is 13.2 Å². The number of fused-ring (bicyclic) bond motifs is 1. The Morgan fingerprint density at radius 2 is 2.12 bits per heavy atom. The number of benzene rings is 1. The largest absolute Gasteiger partial charge is 0.486 e. The standard InChI is InChI=1S/C12H17NO4/c1-14-5-8-17-13-9-10-3-2-4-11-12(10)16-7-6-15-11/h2-4,13H,5-9H2,1H3. The lowest BCUT2D eigenvalue weighted by atomic mass is 10.2. The van der Waals surface area contributed by atoms with Gasteiger partial charge in [-0.3, -0.25) is 4.84 Å². The Kier molecular flexibility index (Phi) is 4.61. The molecule has 1 N–H and O–H groups in total. The molecule has 0 amide bonds. The molecule has 0 saturated heterocycles. The first-order valence-electron chi connectivity index (χ1n) is 5.63. The second kappa shape index (κ2) is 6.44. The van der Waals surface area contributed by atoms with Crippen molar-refractivity contribution in [3.8, 4) is 11.5 Å². The van der Waals surface area contributed by atoms with Crippen LogP contribution in [0.2, 0.25) is 0 Å². The van der Waals surface area contributed by atoms with Crippen LogP contribution in [0.5, 0.6) is 11.5 Å². The molecule has 1 aromatic rings. The van der Waals surface area contributed by atoms with Gasteiger partial charge in [0.2, 0.25) is 0 Å². The first kappa shape index (κ1) is 12.2. The molecular weight excluding hydrogens is 222 g/mol. The predicted molar refractivity (Wildman–Crippen MR) is 62.1 cm³/mol. The Hall–Kier alpha value is -1.30. The quantitative estimate of drug-likeness (QED) is 0.595. The molecule has 17 heavy (non-hydrogen) atoms. The van der Waals surface area contributed by atoms with Crippen molar-refractivity contribution in [1.29, 1.82) is 0 Å². The topological polar surface area (TPSA) is 49.0 Å². The number of hydrogen-bond acceptors (Lipinski definition) is 5. The number of ether oxygens (including phenoxy) is 3. The molecule has 1 heterocycles. The molecule has 2 rings (SSSR count). The first-order valence-corrected chi connectivity index (χ1v) is 5.63. The van der Waals surface area contributed by atoms with E-state index in [1.807, 2.05) is 18.2 Å². The molecule has 1 aliphatic rings. The van der Waals surface area contributed by atoms with E-state index in [1.54, 1.807) is 7.11 Å². The number of para-hydroxylation sites is 1. The van der Waals surface area contributed by atoms with Crippen LogP contribution in [-0.4, -0.2) is 33.5 Å². The summed E-state index contributed by atoms with van der Waals surface area (Å²) in [5, 5.41) is 0. The highest BCUT2D eigenvalue weighted by molar-refractivity contribution is 5.47. The van der Waals surface area contributed by atoms with Crippen molar-refractivity contribution in [3.63, 3.8) is 0 Å². The molecule has 0 saturated carbocycles. The van der Waals surface area contributed by atoms with E-state index in [0.717, 1.165) is 17.1 Å². The number of hydroxylamine groups is 1. The number of nitrogens with one attached hydrogen (secondary N) is 1. The van der Waals surface area contributed by atoms with E-state index in [1.165, 1.54) is 0 Å². The molecule has 0 unspecified atom stereocenters. The van der Waals surface area contributed by atoms with Crippen LogP contribution in [0.1, 0.15) is 5.56 Å². The minimum atomic E-state index is 0.517. The van der Waals surface area contributed by atoms with Crippen LogP contribution in [0.4, 0.5) is 0 Å². The Bertz CT molecular complexity index is 356. The summed E-state index contributed by atoms with van der Waals surface area (Å²) in [6.07, 6.45) is 0. The molecule has 0 spiro atoms. The van der Waals surface area contributed by atoms with Gasteiger partial charge < -0.3 is 14.2 Å². The monoisotopic (exact) mass is 239 g/mol. The van der Waals surface area contributed by atoms with Gasteiger partial charge in [-0.2, -0.15) is 5.48 Å². The molecule has 0 aromatic heterocycles. The summed E-state index contributed by atoms with van der Waals surface area (Å²) in [6.45, 7) is 2.86. The first-order chi connectivity index (χ1) is 8.42. The van der Waals surface area contributed by atoms with Crippen molar-refractivity contribution in [2.24, 2.45) is 0 Å². The molecule has 0 radical (unpaired) electrons. The minimum absolute atomic E-state index is 0.517. The van der Waals surface area contributed by atoms with Gasteiger partial charge in [0.15, 0.2) is 11.5 Å². The van der Waals surface area contributed by atoms with Gasteiger partial charge in [-0.1, -0.05) is 12.1 Å². The van der Waals surface area contributed by atoms with Crippen LogP contribution in [-0.2, 0) is 16.1 Å². The zero-order chi connectivity index (χ0) is 11.9. The molecule has 94 valence electrons. The fourth-order valence-electron chi connectivity index (χ4n) is 1.60. The fourth-order valence-corrected chi connectivity index (χ4v) is 1.60. The zero-order valence-corrected chi connectivity index (χ0v) is 9.90. The highest BCUT2D eigenvalue weighted by Gasteiger charge is 2.14. The van der Waals surface area contributed by atoms with E-state index >= 15 is 0 Å². The van der Waals surface area contributed by atoms with Crippen molar-refractivity contribution < 1.29 is 19.0 Å². The van der Waals surface area contributed by atoms with Crippen LogP contribution < -0.4 is 15.0 Å². The summed E-state index contributed by atoms with van der Waals surface area (Å²) in [4.78, 5) is 5.20. The maximum absolute atomic E-state index is 5.59. The highest BCUT2D eigenvalue weighted by atomic mass is 16.7. The maximum atomic E-state index is 5.59. The smallest absolute Gasteiger partial charge is 0.165 e. The van der Waals surface area contributed by atoms with Crippen LogP contribution in [0.3, 0.4) is 0 Å². The lowest BCUT2D eigenvalue weighted by molar-refractivity contribution is 0.00295. The van der Waals surface area contributed by atoms with E-state index in [2.05, 4.69) is 5.48 Å². The van der Waals surface area contributed by atoms with Crippen LogP contribution >= 0.6 is 0 Å². The van der Waals surface area contributed by atoms with Crippen molar-refractivity contribution in [2.45, 2.75) is 6.54 Å². The van der Waals surface area contributed by atoms with E-state index in [0.29, 0.717) is 33.0 Å². The van der Waals surface area contributed by atoms with Crippen molar-refractivity contribution in [3.05, 3.63) is 23.8 Å². The molecule has 0 atom stereocenters. The average Bonchev–Trinajstić information content (AvgIpc) is 2.39. The Balaban J connectivity index is 1.87. The van der Waals surface area contributed by atoms with Gasteiger partial charge in [-0.15, -0.1) is 0 Å². The molecule has 0 fully saturated rings. The van der Waals surface area contributed by atoms with Gasteiger partial charge in [-0.05, 0) is 6.07 Å². The third kappa shape index (κ3) is 3.33. The van der Waals surface area contributed by atoms with Gasteiger partial charge in [0.1, 0.15) is 13.2 Å².